The van der Waals surface area contributed by atoms with E-state index < -0.39 is 0 Å². The molecule has 1 aromatic heterocycles. The molecule has 1 aromatic carbocycles. The maximum Gasteiger partial charge on any atom is 0.278 e. The van der Waals surface area contributed by atoms with Crippen LogP contribution in [0.5, 0.6) is 0 Å². The van der Waals surface area contributed by atoms with Crippen LogP contribution in [0.1, 0.15) is 16.1 Å². The van der Waals surface area contributed by atoms with Crippen molar-refractivity contribution in [3.63, 3.8) is 0 Å². The van der Waals surface area contributed by atoms with Crippen molar-refractivity contribution in [2.45, 2.75) is 0 Å². The van der Waals surface area contributed by atoms with Gasteiger partial charge in [0.25, 0.3) is 5.91 Å². The minimum Gasteiger partial charge on any atom is -0.310 e. The van der Waals surface area contributed by atoms with Crippen LogP contribution in [0.25, 0.3) is 0 Å². The molecule has 0 bridgehead atoms. The van der Waals surface area contributed by atoms with Crippen LogP contribution in [0, 0.1) is 11.3 Å². The molecular weight excluding hydrogens is 256 g/mol. The van der Waals surface area contributed by atoms with E-state index in [2.05, 4.69) is 15.4 Å². The van der Waals surface area contributed by atoms with Crippen molar-refractivity contribution in [3.05, 3.63) is 47.9 Å². The molecule has 0 saturated heterocycles. The molecule has 1 amide bonds. The maximum atomic E-state index is 12.2. The third kappa shape index (κ3) is 2.71. The van der Waals surface area contributed by atoms with Crippen molar-refractivity contribution in [1.82, 2.24) is 9.97 Å². The van der Waals surface area contributed by atoms with E-state index in [0.29, 0.717) is 17.1 Å². The predicted octanol–water partition coefficient (Wildman–Crippen LogP) is 0.910. The quantitative estimate of drug-likeness (QED) is 0.632. The van der Waals surface area contributed by atoms with Crippen LogP contribution in [0.4, 0.5) is 11.5 Å². The second kappa shape index (κ2) is 5.77. The van der Waals surface area contributed by atoms with Crippen molar-refractivity contribution >= 4 is 17.4 Å². The van der Waals surface area contributed by atoms with E-state index >= 15 is 0 Å². The number of hydrogen-bond donors (Lipinski definition) is 2. The second-order valence-electron chi connectivity index (χ2n) is 3.96. The Bertz CT molecular complexity index is 661. The number of aromatic nitrogens is 2. The summed E-state index contributed by atoms with van der Waals surface area (Å²) in [6.45, 7) is 0. The number of carbonyl (C=O) groups is 1. The van der Waals surface area contributed by atoms with Crippen LogP contribution in [0.2, 0.25) is 0 Å². The molecule has 3 N–H and O–H groups in total. The number of nitriles is 1. The van der Waals surface area contributed by atoms with E-state index in [4.69, 9.17) is 11.1 Å². The molecule has 0 saturated carbocycles. The standard InChI is InChI=1S/C13H12N6O/c1-19(10-4-2-3-9(5-10)6-14)13(20)11-7-17-12(18-15)8-16-11/h2-5,7-8H,15H2,1H3,(H,17,18). The first-order valence-electron chi connectivity index (χ1n) is 5.72. The number of rotatable bonds is 3. The van der Waals surface area contributed by atoms with Gasteiger partial charge in [-0.05, 0) is 18.2 Å². The fraction of sp³-hybridized carbons (Fsp3) is 0.0769. The minimum absolute atomic E-state index is 0.189. The molecule has 0 aliphatic carbocycles. The van der Waals surface area contributed by atoms with Gasteiger partial charge in [-0.1, -0.05) is 6.07 Å². The Morgan fingerprint density at radius 1 is 1.40 bits per heavy atom. The zero-order valence-corrected chi connectivity index (χ0v) is 10.7. The Labute approximate surface area is 115 Å². The second-order valence-corrected chi connectivity index (χ2v) is 3.96. The van der Waals surface area contributed by atoms with Gasteiger partial charge in [0.05, 0.1) is 24.0 Å². The lowest BCUT2D eigenvalue weighted by molar-refractivity contribution is 0.0988. The van der Waals surface area contributed by atoms with E-state index in [1.807, 2.05) is 6.07 Å². The van der Waals surface area contributed by atoms with Gasteiger partial charge in [-0.15, -0.1) is 0 Å². The molecule has 1 heterocycles. The van der Waals surface area contributed by atoms with Gasteiger partial charge in [-0.2, -0.15) is 5.26 Å². The summed E-state index contributed by atoms with van der Waals surface area (Å²) >= 11 is 0. The zero-order chi connectivity index (χ0) is 14.5. The van der Waals surface area contributed by atoms with Gasteiger partial charge < -0.3 is 10.3 Å². The largest absolute Gasteiger partial charge is 0.310 e. The van der Waals surface area contributed by atoms with Crippen molar-refractivity contribution in [2.75, 3.05) is 17.4 Å². The topological polar surface area (TPSA) is 108 Å². The molecule has 2 aromatic rings. The van der Waals surface area contributed by atoms with Gasteiger partial charge in [0.2, 0.25) is 0 Å². The number of nitrogens with one attached hydrogen (secondary N) is 1. The monoisotopic (exact) mass is 268 g/mol. The number of benzene rings is 1. The molecule has 0 atom stereocenters. The van der Waals surface area contributed by atoms with E-state index in [9.17, 15) is 4.79 Å². The van der Waals surface area contributed by atoms with Crippen LogP contribution in [-0.2, 0) is 0 Å². The Kier molecular flexibility index (Phi) is 3.88. The summed E-state index contributed by atoms with van der Waals surface area (Å²) in [7, 11) is 1.61. The average Bonchev–Trinajstić information content (AvgIpc) is 2.53. The molecular formula is C13H12N6O. The summed E-state index contributed by atoms with van der Waals surface area (Å²) in [5.74, 6) is 5.23. The summed E-state index contributed by atoms with van der Waals surface area (Å²) in [6, 6.07) is 8.78. The van der Waals surface area contributed by atoms with Gasteiger partial charge in [-0.3, -0.25) is 4.79 Å². The Morgan fingerprint density at radius 3 is 2.80 bits per heavy atom. The first-order valence-corrected chi connectivity index (χ1v) is 5.72. The molecule has 0 fully saturated rings. The van der Waals surface area contributed by atoms with E-state index in [1.54, 1.807) is 31.3 Å². The van der Waals surface area contributed by atoms with Crippen molar-refractivity contribution in [3.8, 4) is 6.07 Å². The normalized spacial score (nSPS) is 9.65. The first kappa shape index (κ1) is 13.5. The van der Waals surface area contributed by atoms with Gasteiger partial charge >= 0.3 is 0 Å². The summed E-state index contributed by atoms with van der Waals surface area (Å²) in [5, 5.41) is 8.86. The SMILES string of the molecule is CN(C(=O)c1cnc(NN)cn1)c1cccc(C#N)c1. The first-order chi connectivity index (χ1) is 9.65. The molecule has 20 heavy (non-hydrogen) atoms. The van der Waals surface area contributed by atoms with Gasteiger partial charge in [-0.25, -0.2) is 15.8 Å². The summed E-state index contributed by atoms with van der Waals surface area (Å²) in [6.07, 6.45) is 2.70. The smallest absolute Gasteiger partial charge is 0.278 e. The number of hydrogen-bond acceptors (Lipinski definition) is 6. The molecule has 0 radical (unpaired) electrons. The molecule has 0 spiro atoms. The lowest BCUT2D eigenvalue weighted by Crippen LogP contribution is -2.27. The molecule has 0 aliphatic heterocycles. The number of anilines is 2. The lowest BCUT2D eigenvalue weighted by Gasteiger charge is -2.16. The van der Waals surface area contributed by atoms with Crippen LogP contribution in [0.3, 0.4) is 0 Å². The van der Waals surface area contributed by atoms with Crippen LogP contribution in [-0.4, -0.2) is 22.9 Å². The Morgan fingerprint density at radius 2 is 2.20 bits per heavy atom. The fourth-order valence-electron chi connectivity index (χ4n) is 1.59. The van der Waals surface area contributed by atoms with Crippen molar-refractivity contribution in [1.29, 1.82) is 5.26 Å². The highest BCUT2D eigenvalue weighted by atomic mass is 16.2. The molecule has 0 unspecified atom stereocenters. The summed E-state index contributed by atoms with van der Waals surface area (Å²) in [5.41, 5.74) is 3.61. The number of amides is 1. The minimum atomic E-state index is -0.323. The Hall–Kier alpha value is -2.98. The van der Waals surface area contributed by atoms with E-state index in [-0.39, 0.29) is 11.6 Å². The lowest BCUT2D eigenvalue weighted by atomic mass is 10.2. The third-order valence-electron chi connectivity index (χ3n) is 2.69. The van der Waals surface area contributed by atoms with Crippen LogP contribution in [0.15, 0.2) is 36.7 Å². The molecule has 7 nitrogen and oxygen atoms in total. The molecule has 100 valence electrons. The number of nitrogen functional groups attached to an aromatic ring is 1. The average molecular weight is 268 g/mol. The number of nitrogens with zero attached hydrogens (tertiary/aromatic N) is 4. The number of nitrogens with two attached hydrogens (primary N) is 1. The van der Waals surface area contributed by atoms with Gasteiger partial charge in [0, 0.05) is 12.7 Å². The summed E-state index contributed by atoms with van der Waals surface area (Å²) < 4.78 is 0. The summed E-state index contributed by atoms with van der Waals surface area (Å²) in [4.78, 5) is 21.5. The van der Waals surface area contributed by atoms with Crippen LogP contribution < -0.4 is 16.2 Å². The highest BCUT2D eigenvalue weighted by Crippen LogP contribution is 2.16. The van der Waals surface area contributed by atoms with Gasteiger partial charge in [0.15, 0.2) is 5.82 Å². The van der Waals surface area contributed by atoms with E-state index in [0.717, 1.165) is 0 Å². The highest BCUT2D eigenvalue weighted by molar-refractivity contribution is 6.04. The number of carbonyl (C=O) groups excluding carboxylic acids is 1. The zero-order valence-electron chi connectivity index (χ0n) is 10.7. The van der Waals surface area contributed by atoms with Crippen LogP contribution >= 0.6 is 0 Å². The van der Waals surface area contributed by atoms with Crippen molar-refractivity contribution in [2.24, 2.45) is 5.84 Å². The third-order valence-corrected chi connectivity index (χ3v) is 2.69. The number of hydrazine groups is 1. The Balaban J connectivity index is 2.25. The molecule has 2 rings (SSSR count). The maximum absolute atomic E-state index is 12.2. The molecule has 7 heteroatoms. The van der Waals surface area contributed by atoms with E-state index in [1.165, 1.54) is 17.3 Å². The highest BCUT2D eigenvalue weighted by Gasteiger charge is 2.15. The van der Waals surface area contributed by atoms with Gasteiger partial charge in [0.1, 0.15) is 5.69 Å². The van der Waals surface area contributed by atoms with Crippen molar-refractivity contribution < 1.29 is 4.79 Å². The molecule has 0 aliphatic rings. The fourth-order valence-corrected chi connectivity index (χ4v) is 1.59. The predicted molar refractivity (Wildman–Crippen MR) is 73.7 cm³/mol.